The van der Waals surface area contributed by atoms with Gasteiger partial charge in [0.2, 0.25) is 5.91 Å². The second kappa shape index (κ2) is 7.38. The third kappa shape index (κ3) is 4.07. The first kappa shape index (κ1) is 16.4. The molecule has 0 unspecified atom stereocenters. The molecule has 1 saturated heterocycles. The maximum atomic E-state index is 12.1. The Kier molecular flexibility index (Phi) is 5.25. The SMILES string of the molecule is C[C@H](c1nc2ccccc2s1)N(C)CC(=O)NC[C@@H]1CCCO1. The molecule has 3 rings (SSSR count). The number of fused-ring (bicyclic) bond motifs is 1. The van der Waals surface area contributed by atoms with E-state index < -0.39 is 0 Å². The Balaban J connectivity index is 1.53. The van der Waals surface area contributed by atoms with Gasteiger partial charge in [0, 0.05) is 13.2 Å². The number of hydrogen-bond donors (Lipinski definition) is 1. The van der Waals surface area contributed by atoms with Crippen molar-refractivity contribution in [2.24, 2.45) is 0 Å². The van der Waals surface area contributed by atoms with Crippen molar-refractivity contribution < 1.29 is 9.53 Å². The molecule has 1 aromatic carbocycles. The number of benzene rings is 1. The monoisotopic (exact) mass is 333 g/mol. The summed E-state index contributed by atoms with van der Waals surface area (Å²) in [6.45, 7) is 3.88. The molecule has 0 saturated carbocycles. The fraction of sp³-hybridized carbons (Fsp3) is 0.529. The summed E-state index contributed by atoms with van der Waals surface area (Å²) in [6, 6.07) is 8.24. The first-order chi connectivity index (χ1) is 11.1. The molecule has 124 valence electrons. The van der Waals surface area contributed by atoms with Crippen LogP contribution in [-0.4, -0.2) is 48.6 Å². The second-order valence-corrected chi connectivity index (χ2v) is 7.11. The molecule has 1 N–H and O–H groups in total. The van der Waals surface area contributed by atoms with Crippen molar-refractivity contribution in [2.75, 3.05) is 26.7 Å². The molecule has 1 aliphatic heterocycles. The van der Waals surface area contributed by atoms with Gasteiger partial charge in [-0.25, -0.2) is 4.98 Å². The Labute approximate surface area is 140 Å². The minimum absolute atomic E-state index is 0.0379. The standard InChI is InChI=1S/C17H23N3O2S/c1-12(17-19-14-7-3-4-8-15(14)23-17)20(2)11-16(21)18-10-13-6-5-9-22-13/h3-4,7-8,12-13H,5-6,9-11H2,1-2H3,(H,18,21)/t12-,13+/m1/s1. The summed E-state index contributed by atoms with van der Waals surface area (Å²) in [5, 5.41) is 4.01. The molecule has 0 bridgehead atoms. The number of nitrogens with one attached hydrogen (secondary N) is 1. The van der Waals surface area contributed by atoms with Crippen molar-refractivity contribution in [1.82, 2.24) is 15.2 Å². The number of likely N-dealkylation sites (N-methyl/N-ethyl adjacent to an activating group) is 1. The van der Waals surface area contributed by atoms with Crippen molar-refractivity contribution in [2.45, 2.75) is 31.9 Å². The predicted molar refractivity (Wildman–Crippen MR) is 92.6 cm³/mol. The maximum absolute atomic E-state index is 12.1. The van der Waals surface area contributed by atoms with Crippen LogP contribution in [0.15, 0.2) is 24.3 Å². The molecule has 2 atom stereocenters. The summed E-state index contributed by atoms with van der Waals surface area (Å²) in [6.07, 6.45) is 2.32. The summed E-state index contributed by atoms with van der Waals surface area (Å²) in [7, 11) is 1.96. The lowest BCUT2D eigenvalue weighted by Gasteiger charge is -2.22. The minimum Gasteiger partial charge on any atom is -0.376 e. The van der Waals surface area contributed by atoms with Crippen LogP contribution in [0.4, 0.5) is 0 Å². The number of carbonyl (C=O) groups excluding carboxylic acids is 1. The number of thiazole rings is 1. The van der Waals surface area contributed by atoms with Gasteiger partial charge in [-0.05, 0) is 38.9 Å². The van der Waals surface area contributed by atoms with E-state index in [-0.39, 0.29) is 18.1 Å². The van der Waals surface area contributed by atoms with Gasteiger partial charge >= 0.3 is 0 Å². The van der Waals surface area contributed by atoms with Gasteiger partial charge in [0.1, 0.15) is 5.01 Å². The van der Waals surface area contributed by atoms with Crippen LogP contribution in [-0.2, 0) is 9.53 Å². The number of nitrogens with zero attached hydrogens (tertiary/aromatic N) is 2. The number of ether oxygens (including phenoxy) is 1. The van der Waals surface area contributed by atoms with E-state index in [0.717, 1.165) is 30.0 Å². The Morgan fingerprint density at radius 2 is 2.35 bits per heavy atom. The molecule has 0 aliphatic carbocycles. The smallest absolute Gasteiger partial charge is 0.234 e. The topological polar surface area (TPSA) is 54.5 Å². The van der Waals surface area contributed by atoms with Crippen LogP contribution in [0.5, 0.6) is 0 Å². The van der Waals surface area contributed by atoms with Gasteiger partial charge in [0.25, 0.3) is 0 Å². The molecule has 2 heterocycles. The number of amides is 1. The quantitative estimate of drug-likeness (QED) is 0.883. The Morgan fingerprint density at radius 1 is 1.52 bits per heavy atom. The van der Waals surface area contributed by atoms with Gasteiger partial charge in [-0.3, -0.25) is 9.69 Å². The van der Waals surface area contributed by atoms with Crippen LogP contribution in [0.25, 0.3) is 10.2 Å². The average molecular weight is 333 g/mol. The summed E-state index contributed by atoms with van der Waals surface area (Å²) in [5.74, 6) is 0.0379. The van der Waals surface area contributed by atoms with E-state index in [0.29, 0.717) is 13.1 Å². The fourth-order valence-corrected chi connectivity index (χ4v) is 3.79. The van der Waals surface area contributed by atoms with E-state index in [4.69, 9.17) is 4.74 Å². The molecule has 0 radical (unpaired) electrons. The third-order valence-corrected chi connectivity index (χ3v) is 5.48. The first-order valence-electron chi connectivity index (χ1n) is 8.07. The van der Waals surface area contributed by atoms with E-state index in [1.165, 1.54) is 4.70 Å². The highest BCUT2D eigenvalue weighted by atomic mass is 32.1. The fourth-order valence-electron chi connectivity index (χ4n) is 2.71. The van der Waals surface area contributed by atoms with E-state index in [1.54, 1.807) is 11.3 Å². The molecular weight excluding hydrogens is 310 g/mol. The van der Waals surface area contributed by atoms with Crippen LogP contribution in [0, 0.1) is 0 Å². The Morgan fingerprint density at radius 3 is 3.09 bits per heavy atom. The number of rotatable bonds is 6. The van der Waals surface area contributed by atoms with E-state index in [2.05, 4.69) is 23.3 Å². The van der Waals surface area contributed by atoms with E-state index >= 15 is 0 Å². The van der Waals surface area contributed by atoms with Crippen LogP contribution in [0.1, 0.15) is 30.8 Å². The molecule has 23 heavy (non-hydrogen) atoms. The minimum atomic E-state index is 0.0379. The predicted octanol–water partition coefficient (Wildman–Crippen LogP) is 2.58. The van der Waals surface area contributed by atoms with Gasteiger partial charge in [0.15, 0.2) is 0 Å². The lowest BCUT2D eigenvalue weighted by molar-refractivity contribution is -0.122. The van der Waals surface area contributed by atoms with Gasteiger partial charge in [0.05, 0.1) is 28.9 Å². The third-order valence-electron chi connectivity index (χ3n) is 4.27. The summed E-state index contributed by atoms with van der Waals surface area (Å²) < 4.78 is 6.71. The molecule has 1 aromatic heterocycles. The zero-order valence-electron chi connectivity index (χ0n) is 13.6. The van der Waals surface area contributed by atoms with Gasteiger partial charge in [-0.15, -0.1) is 11.3 Å². The molecular formula is C17H23N3O2S. The van der Waals surface area contributed by atoms with Crippen molar-refractivity contribution in [1.29, 1.82) is 0 Å². The maximum Gasteiger partial charge on any atom is 0.234 e. The van der Waals surface area contributed by atoms with Crippen molar-refractivity contribution in [3.8, 4) is 0 Å². The van der Waals surface area contributed by atoms with E-state index in [1.807, 2.05) is 30.1 Å². The first-order valence-corrected chi connectivity index (χ1v) is 8.89. The molecule has 1 amide bonds. The molecule has 1 fully saturated rings. The highest BCUT2D eigenvalue weighted by molar-refractivity contribution is 7.18. The lowest BCUT2D eigenvalue weighted by Crippen LogP contribution is -2.39. The molecule has 5 nitrogen and oxygen atoms in total. The van der Waals surface area contributed by atoms with Crippen LogP contribution in [0.2, 0.25) is 0 Å². The zero-order valence-corrected chi connectivity index (χ0v) is 14.4. The van der Waals surface area contributed by atoms with Crippen molar-refractivity contribution in [3.63, 3.8) is 0 Å². The number of hydrogen-bond acceptors (Lipinski definition) is 5. The molecule has 2 aromatic rings. The van der Waals surface area contributed by atoms with Crippen LogP contribution >= 0.6 is 11.3 Å². The second-order valence-electron chi connectivity index (χ2n) is 6.05. The summed E-state index contributed by atoms with van der Waals surface area (Å²) >= 11 is 1.69. The lowest BCUT2D eigenvalue weighted by atomic mass is 10.2. The number of para-hydroxylation sites is 1. The Bertz CT molecular complexity index is 634. The van der Waals surface area contributed by atoms with Crippen LogP contribution in [0.3, 0.4) is 0 Å². The summed E-state index contributed by atoms with van der Waals surface area (Å²) in [5.41, 5.74) is 1.02. The van der Waals surface area contributed by atoms with Gasteiger partial charge in [-0.1, -0.05) is 12.1 Å². The Hall–Kier alpha value is -1.50. The highest BCUT2D eigenvalue weighted by Gasteiger charge is 2.20. The number of aromatic nitrogens is 1. The van der Waals surface area contributed by atoms with Crippen LogP contribution < -0.4 is 5.32 Å². The molecule has 1 aliphatic rings. The highest BCUT2D eigenvalue weighted by Crippen LogP contribution is 2.28. The largest absolute Gasteiger partial charge is 0.376 e. The van der Waals surface area contributed by atoms with Gasteiger partial charge in [-0.2, -0.15) is 0 Å². The average Bonchev–Trinajstić information content (AvgIpc) is 3.21. The normalized spacial score (nSPS) is 19.3. The molecule has 6 heteroatoms. The number of carbonyl (C=O) groups is 1. The summed E-state index contributed by atoms with van der Waals surface area (Å²) in [4.78, 5) is 18.8. The molecule has 0 spiro atoms. The van der Waals surface area contributed by atoms with Crippen molar-refractivity contribution in [3.05, 3.63) is 29.3 Å². The van der Waals surface area contributed by atoms with Crippen molar-refractivity contribution >= 4 is 27.5 Å². The van der Waals surface area contributed by atoms with E-state index in [9.17, 15) is 4.79 Å². The zero-order chi connectivity index (χ0) is 16.2. The van der Waals surface area contributed by atoms with Gasteiger partial charge < -0.3 is 10.1 Å².